The number of nitrogens with zero attached hydrogens (tertiary/aromatic N) is 3. The zero-order valence-electron chi connectivity index (χ0n) is 14.7. The molecule has 0 saturated heterocycles. The molecule has 0 fully saturated rings. The van der Waals surface area contributed by atoms with Gasteiger partial charge in [-0.25, -0.2) is 4.98 Å². The summed E-state index contributed by atoms with van der Waals surface area (Å²) in [4.78, 5) is 28.5. The summed E-state index contributed by atoms with van der Waals surface area (Å²) in [6.07, 6.45) is 1.46. The summed E-state index contributed by atoms with van der Waals surface area (Å²) in [5, 5.41) is 11.6. The first-order valence-electron chi connectivity index (χ1n) is 8.26. The van der Waals surface area contributed by atoms with Gasteiger partial charge in [0.15, 0.2) is 4.34 Å². The van der Waals surface area contributed by atoms with E-state index < -0.39 is 0 Å². The second-order valence-corrected chi connectivity index (χ2v) is 8.01. The molecule has 7 nitrogen and oxygen atoms in total. The largest absolute Gasteiger partial charge is 0.468 e. The number of aromatic nitrogens is 3. The van der Waals surface area contributed by atoms with Gasteiger partial charge in [0.1, 0.15) is 0 Å². The number of methoxy groups -OCH3 is 1. The minimum atomic E-state index is -0.296. The lowest BCUT2D eigenvalue weighted by atomic mass is 10.1. The normalized spacial score (nSPS) is 10.9. The van der Waals surface area contributed by atoms with Gasteiger partial charge in [-0.2, -0.15) is 10.2 Å². The number of anilines is 1. The molecule has 2 heterocycles. The Kier molecular flexibility index (Phi) is 5.18. The molecule has 0 aliphatic rings. The number of nitrogens with one attached hydrogen (secondary N) is 1. The maximum Gasteiger partial charge on any atom is 0.316 e. The summed E-state index contributed by atoms with van der Waals surface area (Å²) in [6.45, 7) is 0. The van der Waals surface area contributed by atoms with Crippen molar-refractivity contribution in [3.8, 4) is 0 Å². The number of benzene rings is 2. The Bertz CT molecular complexity index is 1190. The summed E-state index contributed by atoms with van der Waals surface area (Å²) < 4.78 is 6.33. The third kappa shape index (κ3) is 3.80. The van der Waals surface area contributed by atoms with E-state index in [2.05, 4.69) is 25.2 Å². The topological polar surface area (TPSA) is 94.1 Å². The van der Waals surface area contributed by atoms with Crippen molar-refractivity contribution in [3.05, 3.63) is 54.2 Å². The van der Waals surface area contributed by atoms with E-state index in [-0.39, 0.29) is 17.6 Å². The molecule has 1 amide bonds. The predicted octanol–water partition coefficient (Wildman–Crippen LogP) is 3.76. The number of carbonyl (C=O) groups is 2. The van der Waals surface area contributed by atoms with Crippen LogP contribution in [0.2, 0.25) is 0 Å². The van der Waals surface area contributed by atoms with E-state index in [4.69, 9.17) is 0 Å². The fraction of sp³-hybridized carbons (Fsp3) is 0.105. The summed E-state index contributed by atoms with van der Waals surface area (Å²) in [5.74, 6) is -0.340. The number of esters is 1. The average Bonchev–Trinajstić information content (AvgIpc) is 3.13. The number of amides is 1. The Morgan fingerprint density at radius 2 is 2.04 bits per heavy atom. The maximum absolute atomic E-state index is 12.7. The Balaban J connectivity index is 1.55. The number of thiazole rings is 1. The quantitative estimate of drug-likeness (QED) is 0.395. The van der Waals surface area contributed by atoms with E-state index in [1.807, 2.05) is 36.4 Å². The first-order chi connectivity index (χ1) is 13.6. The van der Waals surface area contributed by atoms with Crippen LogP contribution in [0.1, 0.15) is 10.4 Å². The molecule has 2 aromatic heterocycles. The molecule has 140 valence electrons. The lowest BCUT2D eigenvalue weighted by molar-refractivity contribution is -0.137. The van der Waals surface area contributed by atoms with E-state index in [0.29, 0.717) is 16.8 Å². The monoisotopic (exact) mass is 410 g/mol. The van der Waals surface area contributed by atoms with Crippen LogP contribution in [0.3, 0.4) is 0 Å². The molecule has 28 heavy (non-hydrogen) atoms. The lowest BCUT2D eigenvalue weighted by Gasteiger charge is -2.07. The number of ether oxygens (including phenoxy) is 1. The highest BCUT2D eigenvalue weighted by atomic mass is 32.2. The van der Waals surface area contributed by atoms with Gasteiger partial charge < -0.3 is 10.1 Å². The summed E-state index contributed by atoms with van der Waals surface area (Å²) in [6, 6.07) is 12.9. The minimum absolute atomic E-state index is 0.210. The van der Waals surface area contributed by atoms with Crippen LogP contribution in [0.15, 0.2) is 53.0 Å². The number of thioether (sulfide) groups is 1. The van der Waals surface area contributed by atoms with Crippen LogP contribution in [0.25, 0.3) is 21.1 Å². The van der Waals surface area contributed by atoms with Gasteiger partial charge >= 0.3 is 5.97 Å². The van der Waals surface area contributed by atoms with Crippen molar-refractivity contribution in [1.82, 2.24) is 15.2 Å². The van der Waals surface area contributed by atoms with Crippen LogP contribution >= 0.6 is 23.1 Å². The van der Waals surface area contributed by atoms with Gasteiger partial charge in [0, 0.05) is 11.1 Å². The summed E-state index contributed by atoms with van der Waals surface area (Å²) in [7, 11) is 1.36. The molecule has 0 atom stereocenters. The highest BCUT2D eigenvalue weighted by Crippen LogP contribution is 2.31. The molecule has 0 radical (unpaired) electrons. The van der Waals surface area contributed by atoms with Crippen LogP contribution in [-0.4, -0.2) is 39.9 Å². The third-order valence-corrected chi connectivity index (χ3v) is 6.09. The Morgan fingerprint density at radius 3 is 2.89 bits per heavy atom. The Hall–Kier alpha value is -3.04. The molecule has 2 aromatic carbocycles. The molecule has 1 N–H and O–H groups in total. The Morgan fingerprint density at radius 1 is 1.18 bits per heavy atom. The van der Waals surface area contributed by atoms with Gasteiger partial charge in [-0.3, -0.25) is 9.59 Å². The van der Waals surface area contributed by atoms with Crippen molar-refractivity contribution in [2.75, 3.05) is 18.2 Å². The molecule has 9 heteroatoms. The number of hydrogen-bond acceptors (Lipinski definition) is 8. The van der Waals surface area contributed by atoms with Crippen LogP contribution in [0.5, 0.6) is 0 Å². The van der Waals surface area contributed by atoms with Crippen molar-refractivity contribution >= 4 is 61.8 Å². The molecule has 0 saturated carbocycles. The molecule has 0 unspecified atom stereocenters. The van der Waals surface area contributed by atoms with E-state index in [1.54, 1.807) is 6.07 Å². The van der Waals surface area contributed by atoms with E-state index in [1.165, 1.54) is 36.4 Å². The van der Waals surface area contributed by atoms with E-state index in [9.17, 15) is 9.59 Å². The van der Waals surface area contributed by atoms with E-state index >= 15 is 0 Å². The summed E-state index contributed by atoms with van der Waals surface area (Å²) >= 11 is 2.79. The molecule has 0 aliphatic carbocycles. The first-order valence-corrected chi connectivity index (χ1v) is 10.1. The molecule has 4 rings (SSSR count). The van der Waals surface area contributed by atoms with E-state index in [0.717, 1.165) is 19.9 Å². The van der Waals surface area contributed by atoms with Crippen LogP contribution in [0.4, 0.5) is 5.69 Å². The van der Waals surface area contributed by atoms with Crippen molar-refractivity contribution < 1.29 is 14.3 Å². The fourth-order valence-corrected chi connectivity index (χ4v) is 4.55. The van der Waals surface area contributed by atoms with Crippen molar-refractivity contribution in [3.63, 3.8) is 0 Å². The number of fused-ring (bicyclic) bond motifs is 2. The molecule has 4 aromatic rings. The predicted molar refractivity (Wildman–Crippen MR) is 110 cm³/mol. The van der Waals surface area contributed by atoms with Gasteiger partial charge in [-0.1, -0.05) is 30.0 Å². The highest BCUT2D eigenvalue weighted by molar-refractivity contribution is 8.01. The third-order valence-electron chi connectivity index (χ3n) is 3.96. The smallest absolute Gasteiger partial charge is 0.316 e. The second kappa shape index (κ2) is 7.91. The van der Waals surface area contributed by atoms with Crippen LogP contribution < -0.4 is 5.32 Å². The average molecular weight is 410 g/mol. The Labute approximate surface area is 168 Å². The fourth-order valence-electron chi connectivity index (χ4n) is 2.61. The molecule has 0 aliphatic heterocycles. The number of rotatable bonds is 5. The van der Waals surface area contributed by atoms with Crippen molar-refractivity contribution in [2.24, 2.45) is 0 Å². The van der Waals surface area contributed by atoms with Crippen molar-refractivity contribution in [1.29, 1.82) is 0 Å². The van der Waals surface area contributed by atoms with Crippen molar-refractivity contribution in [2.45, 2.75) is 4.34 Å². The first kappa shape index (κ1) is 18.3. The van der Waals surface area contributed by atoms with Gasteiger partial charge in [-0.05, 0) is 24.3 Å². The molecular formula is C19H14N4O3S2. The second-order valence-electron chi connectivity index (χ2n) is 5.76. The molecule has 0 spiro atoms. The highest BCUT2D eigenvalue weighted by Gasteiger charge is 2.13. The van der Waals surface area contributed by atoms with Gasteiger partial charge in [0.2, 0.25) is 0 Å². The number of carbonyl (C=O) groups excluding carboxylic acids is 2. The zero-order chi connectivity index (χ0) is 19.5. The maximum atomic E-state index is 12.7. The SMILES string of the molecule is COC(=O)CSc1nc2ccc(NC(=O)c3cnnc4ccccc34)cc2s1. The number of hydrogen-bond donors (Lipinski definition) is 1. The molecular weight excluding hydrogens is 396 g/mol. The van der Waals surface area contributed by atoms with Crippen LogP contribution in [0, 0.1) is 0 Å². The van der Waals surface area contributed by atoms with Crippen LogP contribution in [-0.2, 0) is 9.53 Å². The molecule has 0 bridgehead atoms. The van der Waals surface area contributed by atoms with Gasteiger partial charge in [0.25, 0.3) is 5.91 Å². The lowest BCUT2D eigenvalue weighted by Crippen LogP contribution is -2.13. The summed E-state index contributed by atoms with van der Waals surface area (Å²) in [5.41, 5.74) is 2.60. The van der Waals surface area contributed by atoms with Gasteiger partial charge in [-0.15, -0.1) is 11.3 Å². The zero-order valence-corrected chi connectivity index (χ0v) is 16.3. The van der Waals surface area contributed by atoms with Gasteiger partial charge in [0.05, 0.1) is 40.4 Å². The minimum Gasteiger partial charge on any atom is -0.468 e. The standard InChI is InChI=1S/C19H14N4O3S2/c1-26-17(24)10-27-19-22-15-7-6-11(8-16(15)28-19)21-18(25)13-9-20-23-14-5-3-2-4-12(13)14/h2-9H,10H2,1H3,(H,21,25).